The Bertz CT molecular complexity index is 2880. The van der Waals surface area contributed by atoms with Crippen molar-refractivity contribution in [3.63, 3.8) is 0 Å². The highest BCUT2D eigenvalue weighted by atomic mass is 79.9. The van der Waals surface area contributed by atoms with Crippen molar-refractivity contribution in [2.24, 2.45) is 0 Å². The van der Waals surface area contributed by atoms with Crippen LogP contribution in [0.5, 0.6) is 0 Å². The number of hydrogen-bond acceptors (Lipinski definition) is 8. The van der Waals surface area contributed by atoms with E-state index in [1.165, 1.54) is 30.3 Å². The molecular formula is C45H31Br3Cl3F3N6O2. The van der Waals surface area contributed by atoms with Crippen LogP contribution in [0.15, 0.2) is 127 Å². The first-order chi connectivity index (χ1) is 29.8. The number of nitrogen functional groups attached to an aromatic ring is 2. The van der Waals surface area contributed by atoms with Crippen LogP contribution in [0.3, 0.4) is 0 Å². The van der Waals surface area contributed by atoms with Gasteiger partial charge in [-0.15, -0.1) is 0 Å². The van der Waals surface area contributed by atoms with E-state index in [0.717, 1.165) is 16.8 Å². The molecule has 8 rings (SSSR count). The van der Waals surface area contributed by atoms with Gasteiger partial charge in [0.15, 0.2) is 11.6 Å². The van der Waals surface area contributed by atoms with Gasteiger partial charge in [0.25, 0.3) is 0 Å². The fourth-order valence-electron chi connectivity index (χ4n) is 5.49. The molecular weight excluding hydrogens is 1060 g/mol. The second-order valence-electron chi connectivity index (χ2n) is 12.6. The van der Waals surface area contributed by atoms with E-state index >= 15 is 0 Å². The first-order valence-electron chi connectivity index (χ1n) is 18.0. The molecule has 8 aromatic rings. The predicted octanol–water partition coefficient (Wildman–Crippen LogP) is 13.4. The number of rotatable bonds is 7. The Balaban J connectivity index is 0.000000163. The van der Waals surface area contributed by atoms with Gasteiger partial charge < -0.3 is 11.5 Å². The number of carbonyl (C=O) groups is 2. The molecule has 62 heavy (non-hydrogen) atoms. The van der Waals surface area contributed by atoms with Gasteiger partial charge in [-0.2, -0.15) is 0 Å². The van der Waals surface area contributed by atoms with Gasteiger partial charge in [0.1, 0.15) is 16.9 Å². The molecule has 0 aliphatic rings. The Kier molecular flexibility index (Phi) is 17.8. The number of anilines is 2. The largest absolute Gasteiger partial charge is 0.397 e. The molecule has 17 heteroatoms. The average molecular weight is 1090 g/mol. The lowest BCUT2D eigenvalue weighted by atomic mass is 10.1. The lowest BCUT2D eigenvalue weighted by Gasteiger charge is -2.09. The second kappa shape index (κ2) is 22.9. The second-order valence-corrected chi connectivity index (χ2v) is 15.5. The van der Waals surface area contributed by atoms with Crippen LogP contribution in [0.2, 0.25) is 15.1 Å². The van der Waals surface area contributed by atoms with Crippen molar-refractivity contribution in [2.45, 2.75) is 10.7 Å². The van der Waals surface area contributed by atoms with Crippen molar-refractivity contribution in [3.05, 3.63) is 177 Å². The Hall–Kier alpha value is -4.96. The van der Waals surface area contributed by atoms with E-state index in [4.69, 9.17) is 46.3 Å². The van der Waals surface area contributed by atoms with Crippen LogP contribution >= 0.6 is 82.6 Å². The Morgan fingerprint density at radius 2 is 0.968 bits per heavy atom. The third kappa shape index (κ3) is 11.9. The number of carbonyl (C=O) groups excluding carboxylic acids is 2. The number of aromatic nitrogens is 4. The summed E-state index contributed by atoms with van der Waals surface area (Å²) in [4.78, 5) is 40.1. The van der Waals surface area contributed by atoms with E-state index in [0.29, 0.717) is 53.8 Å². The summed E-state index contributed by atoms with van der Waals surface area (Å²) in [5.74, 6) is -2.27. The van der Waals surface area contributed by atoms with Crippen molar-refractivity contribution < 1.29 is 22.8 Å². The first-order valence-corrected chi connectivity index (χ1v) is 22.5. The highest BCUT2D eigenvalue weighted by Gasteiger charge is 2.18. The lowest BCUT2D eigenvalue weighted by molar-refractivity contribution is -0.112. The smallest absolute Gasteiger partial charge is 0.230 e. The standard InChI is InChI=1S/2C15H9BrClFN2.C9H6BrClO2.C6H7FN2/c16-8-13-14(9-4-1-2-5-10(9)17)19-12-7-3-6-11(18)15(12)20-13;16-8-13-14(9-4-1-2-5-10(9)17)20-15-11(18)6-3-7-12(15)19-13;10-5-8(12)9(13)6-3-1-2-4-7(6)11;7-4-2-1-3-5(8)6(4)9/h2*1-7H,8H2;1-4H,5H2;1-3H,8-9H2. The van der Waals surface area contributed by atoms with Gasteiger partial charge in [-0.3, -0.25) is 9.59 Å². The van der Waals surface area contributed by atoms with Crippen LogP contribution in [0.1, 0.15) is 21.7 Å². The molecule has 316 valence electrons. The van der Waals surface area contributed by atoms with E-state index in [-0.39, 0.29) is 44.9 Å². The topological polar surface area (TPSA) is 138 Å². The van der Waals surface area contributed by atoms with Crippen molar-refractivity contribution in [1.82, 2.24) is 19.9 Å². The number of nitrogens with two attached hydrogens (primary N) is 2. The molecule has 2 heterocycles. The molecule has 0 saturated carbocycles. The van der Waals surface area contributed by atoms with Crippen molar-refractivity contribution in [1.29, 1.82) is 0 Å². The fourth-order valence-corrected chi connectivity index (χ4v) is 7.20. The van der Waals surface area contributed by atoms with Crippen LogP contribution < -0.4 is 11.5 Å². The average Bonchev–Trinajstić information content (AvgIpc) is 3.28. The van der Waals surface area contributed by atoms with Crippen molar-refractivity contribution in [3.8, 4) is 22.5 Å². The third-order valence-electron chi connectivity index (χ3n) is 8.53. The molecule has 0 aliphatic heterocycles. The number of ketones is 2. The normalized spacial score (nSPS) is 10.5. The zero-order chi connectivity index (χ0) is 44.9. The summed E-state index contributed by atoms with van der Waals surface area (Å²) in [5.41, 5.74) is 16.8. The SMILES string of the molecule is Fc1cccc2nc(-c3ccccc3Cl)c(CBr)nc12.Fc1cccc2nc(CBr)c(-c3ccccc3Cl)nc12.Nc1cccc(F)c1N.O=C(CBr)C(=O)c1ccccc1Cl. The minimum atomic E-state index is -0.553. The lowest BCUT2D eigenvalue weighted by Crippen LogP contribution is -2.15. The van der Waals surface area contributed by atoms with Gasteiger partial charge >= 0.3 is 0 Å². The molecule has 0 atom stereocenters. The van der Waals surface area contributed by atoms with E-state index in [1.54, 1.807) is 60.7 Å². The molecule has 0 saturated heterocycles. The van der Waals surface area contributed by atoms with E-state index < -0.39 is 17.4 Å². The summed E-state index contributed by atoms with van der Waals surface area (Å²) in [7, 11) is 0. The van der Waals surface area contributed by atoms with Gasteiger partial charge in [-0.25, -0.2) is 33.1 Å². The number of Topliss-reactive ketones (excluding diaryl/α,β-unsaturated/α-hetero) is 2. The van der Waals surface area contributed by atoms with E-state index in [1.807, 2.05) is 36.4 Å². The monoisotopic (exact) mass is 1090 g/mol. The highest BCUT2D eigenvalue weighted by Crippen LogP contribution is 2.32. The summed E-state index contributed by atoms with van der Waals surface area (Å²) in [6.45, 7) is 0. The van der Waals surface area contributed by atoms with Crippen LogP contribution in [0.25, 0.3) is 44.6 Å². The van der Waals surface area contributed by atoms with Crippen molar-refractivity contribution in [2.75, 3.05) is 16.8 Å². The zero-order valence-electron chi connectivity index (χ0n) is 31.9. The number of fused-ring (bicyclic) bond motifs is 2. The Morgan fingerprint density at radius 1 is 0.516 bits per heavy atom. The van der Waals surface area contributed by atoms with E-state index in [2.05, 4.69) is 67.7 Å². The fraction of sp³-hybridized carbons (Fsp3) is 0.0667. The Labute approximate surface area is 394 Å². The van der Waals surface area contributed by atoms with E-state index in [9.17, 15) is 22.8 Å². The molecule has 2 aromatic heterocycles. The van der Waals surface area contributed by atoms with Crippen LogP contribution in [0.4, 0.5) is 24.5 Å². The number of halogens is 9. The summed E-state index contributed by atoms with van der Waals surface area (Å²) < 4.78 is 40.0. The summed E-state index contributed by atoms with van der Waals surface area (Å²) in [5, 5.41) is 2.50. The van der Waals surface area contributed by atoms with Gasteiger partial charge in [0, 0.05) is 27.4 Å². The zero-order valence-corrected chi connectivity index (χ0v) is 38.9. The minimum absolute atomic E-state index is 0.0249. The number of alkyl halides is 3. The maximum atomic E-state index is 13.9. The number of hydrogen-bond donors (Lipinski definition) is 2. The van der Waals surface area contributed by atoms with Crippen LogP contribution in [-0.4, -0.2) is 36.8 Å². The molecule has 4 N–H and O–H groups in total. The molecule has 0 aliphatic carbocycles. The maximum Gasteiger partial charge on any atom is 0.230 e. The van der Waals surface area contributed by atoms with Crippen molar-refractivity contribution >= 4 is 128 Å². The van der Waals surface area contributed by atoms with Gasteiger partial charge in [0.05, 0.1) is 65.6 Å². The van der Waals surface area contributed by atoms with Crippen LogP contribution in [0, 0.1) is 17.5 Å². The quantitative estimate of drug-likeness (QED) is 0.0697. The third-order valence-corrected chi connectivity index (χ3v) is 11.1. The number of nitrogens with zero attached hydrogens (tertiary/aromatic N) is 4. The molecule has 0 bridgehead atoms. The molecule has 8 nitrogen and oxygen atoms in total. The maximum absolute atomic E-state index is 13.9. The van der Waals surface area contributed by atoms with Gasteiger partial charge in [-0.1, -0.05) is 149 Å². The molecule has 0 radical (unpaired) electrons. The predicted molar refractivity (Wildman–Crippen MR) is 255 cm³/mol. The number of para-hydroxylation sites is 3. The summed E-state index contributed by atoms with van der Waals surface area (Å²) in [6.07, 6.45) is 0. The van der Waals surface area contributed by atoms with Gasteiger partial charge in [-0.05, 0) is 60.7 Å². The Morgan fingerprint density at radius 3 is 1.47 bits per heavy atom. The molecule has 6 aromatic carbocycles. The minimum Gasteiger partial charge on any atom is -0.397 e. The summed E-state index contributed by atoms with van der Waals surface area (Å²) >= 11 is 27.8. The first kappa shape index (κ1) is 48.1. The van der Waals surface area contributed by atoms with Crippen LogP contribution in [-0.2, 0) is 15.5 Å². The molecule has 0 spiro atoms. The molecule has 0 amide bonds. The van der Waals surface area contributed by atoms with Gasteiger partial charge in [0.2, 0.25) is 11.6 Å². The summed E-state index contributed by atoms with van der Waals surface area (Å²) in [6, 6.07) is 35.1. The number of benzene rings is 6. The molecule has 0 unspecified atom stereocenters. The highest BCUT2D eigenvalue weighted by molar-refractivity contribution is 9.09. The molecule has 0 fully saturated rings.